The Morgan fingerprint density at radius 1 is 1.36 bits per heavy atom. The molecule has 25 heavy (non-hydrogen) atoms. The van der Waals surface area contributed by atoms with Gasteiger partial charge in [-0.3, -0.25) is 9.59 Å². The Hall–Kier alpha value is -1.85. The molecule has 1 heterocycles. The zero-order valence-corrected chi connectivity index (χ0v) is 16.5. The summed E-state index contributed by atoms with van der Waals surface area (Å²) in [6.45, 7) is 5.31. The first-order chi connectivity index (χ1) is 11.8. The van der Waals surface area contributed by atoms with Crippen molar-refractivity contribution in [1.82, 2.24) is 4.98 Å². The van der Waals surface area contributed by atoms with E-state index in [1.165, 1.54) is 6.92 Å². The number of anilines is 1. The number of carbonyl (C=O) groups excluding carboxylic acids is 1. The standard InChI is InChI=1S/C19H18BrClN2O2/c1-9-4-6-13(20)17-15(9)18(25)16(11(3)24)19(23-17)22-14-7-5-12(21)8-10(14)2/h4-7,10H,8H2,1-3H3,(H2,22,23,25). The Bertz CT molecular complexity index is 1000. The Morgan fingerprint density at radius 2 is 2.08 bits per heavy atom. The fourth-order valence-electron chi connectivity index (χ4n) is 3.08. The number of H-pyrrole nitrogens is 1. The predicted molar refractivity (Wildman–Crippen MR) is 106 cm³/mol. The summed E-state index contributed by atoms with van der Waals surface area (Å²) < 4.78 is 0.775. The van der Waals surface area contributed by atoms with Crippen molar-refractivity contribution in [3.05, 3.63) is 60.8 Å². The maximum atomic E-state index is 13.0. The van der Waals surface area contributed by atoms with Crippen LogP contribution in [0, 0.1) is 12.8 Å². The lowest BCUT2D eigenvalue weighted by molar-refractivity contribution is 0.101. The molecule has 2 aromatic rings. The number of aryl methyl sites for hydroxylation is 1. The third-order valence-corrected chi connectivity index (χ3v) is 5.36. The number of Topliss-reactive ketones (excluding diaryl/α,β-unsaturated/α-hetero) is 1. The minimum Gasteiger partial charge on any atom is -0.344 e. The van der Waals surface area contributed by atoms with E-state index < -0.39 is 0 Å². The summed E-state index contributed by atoms with van der Waals surface area (Å²) in [6.07, 6.45) is 4.43. The van der Waals surface area contributed by atoms with E-state index in [0.717, 1.165) is 27.2 Å². The van der Waals surface area contributed by atoms with E-state index in [9.17, 15) is 9.59 Å². The Kier molecular flexibility index (Phi) is 4.89. The normalized spacial score (nSPS) is 17.2. The van der Waals surface area contributed by atoms with Crippen LogP contribution in [0.15, 0.2) is 44.3 Å². The molecule has 0 bridgehead atoms. The van der Waals surface area contributed by atoms with Crippen molar-refractivity contribution in [2.45, 2.75) is 27.2 Å². The number of rotatable bonds is 3. The van der Waals surface area contributed by atoms with Crippen LogP contribution in [-0.4, -0.2) is 10.8 Å². The zero-order chi connectivity index (χ0) is 18.3. The lowest BCUT2D eigenvalue weighted by Crippen LogP contribution is -2.21. The third kappa shape index (κ3) is 3.31. The average molecular weight is 422 g/mol. The van der Waals surface area contributed by atoms with Crippen LogP contribution in [0.3, 0.4) is 0 Å². The highest BCUT2D eigenvalue weighted by molar-refractivity contribution is 9.10. The van der Waals surface area contributed by atoms with Gasteiger partial charge in [-0.05, 0) is 60.0 Å². The highest BCUT2D eigenvalue weighted by Gasteiger charge is 2.21. The number of carbonyl (C=O) groups is 1. The summed E-state index contributed by atoms with van der Waals surface area (Å²) in [7, 11) is 0. The van der Waals surface area contributed by atoms with Gasteiger partial charge in [0.05, 0.1) is 10.9 Å². The SMILES string of the molecule is CC(=O)c1c(NC2=CC=C(Cl)CC2C)[nH]c2c(Br)ccc(C)c2c1=O. The molecule has 1 atom stereocenters. The van der Waals surface area contributed by atoms with E-state index in [1.807, 2.05) is 38.1 Å². The van der Waals surface area contributed by atoms with Gasteiger partial charge in [-0.25, -0.2) is 0 Å². The molecule has 0 spiro atoms. The van der Waals surface area contributed by atoms with Gasteiger partial charge in [0, 0.05) is 21.1 Å². The number of aromatic amines is 1. The molecule has 0 fully saturated rings. The number of halogens is 2. The Morgan fingerprint density at radius 3 is 2.72 bits per heavy atom. The summed E-state index contributed by atoms with van der Waals surface area (Å²) in [5.41, 5.74) is 2.29. The first-order valence-corrected chi connectivity index (χ1v) is 9.16. The number of ketones is 1. The molecular formula is C19H18BrClN2O2. The van der Waals surface area contributed by atoms with Crippen LogP contribution in [0.5, 0.6) is 0 Å². The maximum Gasteiger partial charge on any atom is 0.202 e. The lowest BCUT2D eigenvalue weighted by Gasteiger charge is -2.22. The fourth-order valence-corrected chi connectivity index (χ4v) is 3.80. The topological polar surface area (TPSA) is 62.0 Å². The summed E-state index contributed by atoms with van der Waals surface area (Å²) >= 11 is 9.56. The summed E-state index contributed by atoms with van der Waals surface area (Å²) in [4.78, 5) is 28.4. The fraction of sp³-hybridized carbons (Fsp3) is 0.263. The third-order valence-electron chi connectivity index (χ3n) is 4.41. The van der Waals surface area contributed by atoms with Gasteiger partial charge in [0.1, 0.15) is 11.4 Å². The van der Waals surface area contributed by atoms with E-state index >= 15 is 0 Å². The molecule has 1 aromatic carbocycles. The van der Waals surface area contributed by atoms with Crippen LogP contribution in [0.1, 0.15) is 36.2 Å². The van der Waals surface area contributed by atoms with Crippen molar-refractivity contribution >= 4 is 50.0 Å². The van der Waals surface area contributed by atoms with Crippen molar-refractivity contribution in [3.63, 3.8) is 0 Å². The Balaban J connectivity index is 2.24. The molecule has 0 aliphatic heterocycles. The first kappa shape index (κ1) is 18.0. The van der Waals surface area contributed by atoms with E-state index in [4.69, 9.17) is 11.6 Å². The highest BCUT2D eigenvalue weighted by Crippen LogP contribution is 2.30. The van der Waals surface area contributed by atoms with Crippen LogP contribution in [0.2, 0.25) is 0 Å². The quantitative estimate of drug-likeness (QED) is 0.665. The number of aromatic nitrogens is 1. The van der Waals surface area contributed by atoms with Crippen LogP contribution >= 0.6 is 27.5 Å². The van der Waals surface area contributed by atoms with Gasteiger partial charge >= 0.3 is 0 Å². The molecule has 0 saturated carbocycles. The molecule has 1 unspecified atom stereocenters. The smallest absolute Gasteiger partial charge is 0.202 e. The second-order valence-corrected chi connectivity index (χ2v) is 7.68. The van der Waals surface area contributed by atoms with E-state index in [1.54, 1.807) is 0 Å². The second-order valence-electron chi connectivity index (χ2n) is 6.34. The van der Waals surface area contributed by atoms with Crippen molar-refractivity contribution in [3.8, 4) is 0 Å². The number of benzene rings is 1. The molecule has 2 N–H and O–H groups in total. The van der Waals surface area contributed by atoms with Gasteiger partial charge in [-0.1, -0.05) is 24.6 Å². The van der Waals surface area contributed by atoms with Crippen LogP contribution in [-0.2, 0) is 0 Å². The van der Waals surface area contributed by atoms with Crippen molar-refractivity contribution in [2.24, 2.45) is 5.92 Å². The van der Waals surface area contributed by atoms with Gasteiger partial charge in [0.25, 0.3) is 0 Å². The van der Waals surface area contributed by atoms with E-state index in [-0.39, 0.29) is 22.7 Å². The molecule has 130 valence electrons. The minimum atomic E-state index is -0.275. The largest absolute Gasteiger partial charge is 0.344 e. The van der Waals surface area contributed by atoms with E-state index in [2.05, 4.69) is 26.2 Å². The molecule has 4 nitrogen and oxygen atoms in total. The molecule has 3 rings (SSSR count). The minimum absolute atomic E-state index is 0.141. The van der Waals surface area contributed by atoms with Crippen LogP contribution in [0.4, 0.5) is 5.82 Å². The van der Waals surface area contributed by atoms with Crippen molar-refractivity contribution in [1.29, 1.82) is 0 Å². The number of hydrogen-bond donors (Lipinski definition) is 2. The van der Waals surface area contributed by atoms with Crippen molar-refractivity contribution < 1.29 is 4.79 Å². The van der Waals surface area contributed by atoms with Crippen LogP contribution < -0.4 is 10.7 Å². The van der Waals surface area contributed by atoms with Crippen molar-refractivity contribution in [2.75, 3.05) is 5.32 Å². The molecule has 0 radical (unpaired) electrons. The van der Waals surface area contributed by atoms with E-state index in [0.29, 0.717) is 16.7 Å². The number of fused-ring (bicyclic) bond motifs is 1. The number of nitrogens with one attached hydrogen (secondary N) is 2. The number of hydrogen-bond acceptors (Lipinski definition) is 3. The lowest BCUT2D eigenvalue weighted by atomic mass is 9.98. The second kappa shape index (κ2) is 6.81. The van der Waals surface area contributed by atoms with Gasteiger partial charge in [0.2, 0.25) is 5.43 Å². The number of allylic oxidation sites excluding steroid dienone is 4. The van der Waals surface area contributed by atoms with Crippen LogP contribution in [0.25, 0.3) is 10.9 Å². The average Bonchev–Trinajstić information content (AvgIpc) is 2.53. The molecule has 1 aromatic heterocycles. The maximum absolute atomic E-state index is 13.0. The molecule has 1 aliphatic rings. The summed E-state index contributed by atoms with van der Waals surface area (Å²) in [5.74, 6) is 0.306. The zero-order valence-electron chi connectivity index (χ0n) is 14.2. The molecule has 1 aliphatic carbocycles. The monoisotopic (exact) mass is 420 g/mol. The Labute approximate surface area is 159 Å². The van der Waals surface area contributed by atoms with Gasteiger partial charge in [0.15, 0.2) is 5.78 Å². The van der Waals surface area contributed by atoms with Gasteiger partial charge in [-0.2, -0.15) is 0 Å². The van der Waals surface area contributed by atoms with Gasteiger partial charge < -0.3 is 10.3 Å². The summed E-state index contributed by atoms with van der Waals surface area (Å²) in [5, 5.41) is 4.56. The molecule has 0 amide bonds. The molecule has 6 heteroatoms. The predicted octanol–water partition coefficient (Wildman–Crippen LogP) is 5.26. The number of pyridine rings is 1. The summed E-state index contributed by atoms with van der Waals surface area (Å²) in [6, 6.07) is 3.74. The van der Waals surface area contributed by atoms with Gasteiger partial charge in [-0.15, -0.1) is 0 Å². The molecule has 0 saturated heterocycles. The first-order valence-electron chi connectivity index (χ1n) is 7.99. The highest BCUT2D eigenvalue weighted by atomic mass is 79.9. The molecular weight excluding hydrogens is 404 g/mol.